The van der Waals surface area contributed by atoms with Crippen LogP contribution in [-0.2, 0) is 120 Å². The van der Waals surface area contributed by atoms with E-state index in [0.717, 1.165) is 67.4 Å². The Hall–Kier alpha value is -10.9. The molecule has 0 aliphatic rings. The number of allylic oxidation sites excluding steroid dienone is 8. The van der Waals surface area contributed by atoms with Crippen molar-refractivity contribution >= 4 is 34.0 Å². The van der Waals surface area contributed by atoms with Crippen molar-refractivity contribution in [1.29, 1.82) is 0 Å². The number of aliphatic hydroxyl groups excluding tert-OH is 4. The summed E-state index contributed by atoms with van der Waals surface area (Å²) in [5.74, 6) is -0.250. The third-order valence-electron chi connectivity index (χ3n) is 16.0. The second kappa shape index (κ2) is 58.9. The Labute approximate surface area is 781 Å². The number of hydrogen-bond donors (Lipinski definition) is 4. The first-order valence-electron chi connectivity index (χ1n) is 37.4. The van der Waals surface area contributed by atoms with Crippen LogP contribution >= 0.6 is 0 Å². The van der Waals surface area contributed by atoms with Crippen LogP contribution in [0, 0.1) is 71.9 Å². The summed E-state index contributed by atoms with van der Waals surface area (Å²) in [6, 6.07) is 106. The molecule has 0 amide bonds. The molecule has 0 aliphatic heterocycles. The molecule has 14 aromatic rings. The predicted molar refractivity (Wildman–Crippen MR) is 473 cm³/mol. The van der Waals surface area contributed by atoms with Crippen LogP contribution in [0.25, 0.3) is 101 Å². The van der Waals surface area contributed by atoms with E-state index in [2.05, 4.69) is 213 Å². The van der Waals surface area contributed by atoms with Crippen molar-refractivity contribution in [2.45, 2.75) is 96.9 Å². The molecule has 14 rings (SSSR count). The van der Waals surface area contributed by atoms with E-state index in [1.165, 1.54) is 146 Å². The maximum absolute atomic E-state index is 10.0. The summed E-state index contributed by atoms with van der Waals surface area (Å²) < 4.78 is 0. The predicted octanol–water partition coefficient (Wildman–Crippen LogP) is 24.9. The molecule has 18 heteroatoms. The van der Waals surface area contributed by atoms with Crippen LogP contribution in [-0.4, -0.2) is 68.5 Å². The van der Waals surface area contributed by atoms with Crippen LogP contribution in [0.5, 0.6) is 0 Å². The van der Waals surface area contributed by atoms with Crippen LogP contribution in [0.15, 0.2) is 339 Å². The fourth-order valence-electron chi connectivity index (χ4n) is 11.1. The van der Waals surface area contributed by atoms with E-state index in [1.54, 1.807) is 6.20 Å². The van der Waals surface area contributed by atoms with E-state index in [9.17, 15) is 19.2 Å². The molecular weight excluding hydrogens is 2400 g/mol. The largest absolute Gasteiger partial charge is 0.512 e. The third-order valence-corrected chi connectivity index (χ3v) is 16.0. The van der Waals surface area contributed by atoms with Gasteiger partial charge in [-0.15, -0.1) is 178 Å². The molecule has 5 aromatic heterocycles. The van der Waals surface area contributed by atoms with E-state index in [0.29, 0.717) is 0 Å². The average molecular weight is 2500 g/mol. The number of aryl methyl sites for hydroxylation is 6. The van der Waals surface area contributed by atoms with E-state index in [1.807, 2.05) is 164 Å². The van der Waals surface area contributed by atoms with Crippen molar-refractivity contribution in [1.82, 2.24) is 24.9 Å². The maximum Gasteiger partial charge on any atom is 0.155 e. The molecule has 633 valence electrons. The van der Waals surface area contributed by atoms with E-state index >= 15 is 0 Å². The Morgan fingerprint density at radius 3 is 1.07 bits per heavy atom. The third kappa shape index (κ3) is 42.2. The van der Waals surface area contributed by atoms with Crippen LogP contribution in [0.2, 0.25) is 0 Å². The Morgan fingerprint density at radius 2 is 0.678 bits per heavy atom. The molecule has 13 nitrogen and oxygen atoms in total. The summed E-state index contributed by atoms with van der Waals surface area (Å²) in [4.78, 5) is 62.3. The number of rotatable bonds is 12. The van der Waals surface area contributed by atoms with Crippen molar-refractivity contribution in [3.8, 4) is 89.7 Å². The van der Waals surface area contributed by atoms with Crippen molar-refractivity contribution in [3.63, 3.8) is 0 Å². The minimum atomic E-state index is -0.125. The monoisotopic (exact) mass is 2500 g/mol. The fourth-order valence-corrected chi connectivity index (χ4v) is 11.1. The number of hydrogen-bond acceptors (Lipinski definition) is 13. The number of aliphatic hydroxyl groups is 4. The Bertz CT molecular complexity index is 5420. The van der Waals surface area contributed by atoms with Crippen LogP contribution in [0.3, 0.4) is 0 Å². The van der Waals surface area contributed by atoms with Gasteiger partial charge in [-0.2, -0.15) is 0 Å². The first-order chi connectivity index (χ1) is 55.6. The zero-order chi connectivity index (χ0) is 84.3. The SMILES string of the molecule is CC(=O)C=C(C)O.CC(=O)C=C(C)O.CC(=O)C=C(C)O.CC(=O)C=C(C)O.Cc1[c-]c(-c2ccc3ccccc3n2)cc(C)c1.Cc1ccc(-c2ccnc(-c3[c-]cccc3)c2)c(C)c1.Cc1ccc(-c2ccnc(-c3[c-]cccc3)c2)cc1.Cc1cccc(-c2ccnc(-c3[c-]cccc3)c2)c1.[Ir].[Ir].[Ir].[Ir].[Ir].[c-]1ccccc1-c1ccccn1. The molecule has 0 bridgehead atoms. The molecule has 0 fully saturated rings. The van der Waals surface area contributed by atoms with E-state index in [4.69, 9.17) is 25.4 Å². The summed E-state index contributed by atoms with van der Waals surface area (Å²) >= 11 is 0. The summed E-state index contributed by atoms with van der Waals surface area (Å²) in [5, 5.41) is 34.6. The van der Waals surface area contributed by atoms with Gasteiger partial charge in [-0.3, -0.25) is 24.2 Å². The first kappa shape index (κ1) is 108. The Kier molecular flexibility index (Phi) is 52.6. The average Bonchev–Trinajstić information content (AvgIpc) is 0.690. The zero-order valence-electron chi connectivity index (χ0n) is 69.8. The molecule has 0 atom stereocenters. The molecule has 121 heavy (non-hydrogen) atoms. The van der Waals surface area contributed by atoms with E-state index in [-0.39, 0.29) is 147 Å². The smallest absolute Gasteiger partial charge is 0.155 e. The summed E-state index contributed by atoms with van der Waals surface area (Å²) in [7, 11) is 0. The van der Waals surface area contributed by atoms with E-state index < -0.39 is 0 Å². The van der Waals surface area contributed by atoms with Gasteiger partial charge in [-0.05, 0) is 186 Å². The van der Waals surface area contributed by atoms with Gasteiger partial charge in [-0.25, -0.2) is 0 Å². The molecule has 9 aromatic carbocycles. The summed E-state index contributed by atoms with van der Waals surface area (Å²) in [6.07, 6.45) is 12.0. The molecule has 0 saturated carbocycles. The minimum Gasteiger partial charge on any atom is -0.512 e. The molecule has 0 aliphatic carbocycles. The van der Waals surface area contributed by atoms with Crippen LogP contribution in [0.1, 0.15) is 88.8 Å². The Balaban J connectivity index is 0.000000698. The normalized spacial score (nSPS) is 10.2. The van der Waals surface area contributed by atoms with Gasteiger partial charge in [0.2, 0.25) is 0 Å². The van der Waals surface area contributed by atoms with Gasteiger partial charge in [0, 0.05) is 150 Å². The molecular formula is C103H98Ir5N5O8-5. The number of fused-ring (bicyclic) bond motifs is 1. The van der Waals surface area contributed by atoms with Crippen LogP contribution in [0.4, 0.5) is 0 Å². The second-order valence-electron chi connectivity index (χ2n) is 26.9. The molecule has 0 unspecified atom stereocenters. The number of ketones is 4. The topological polar surface area (TPSA) is 214 Å². The second-order valence-corrected chi connectivity index (χ2v) is 26.9. The number of aromatic nitrogens is 5. The molecule has 5 heterocycles. The van der Waals surface area contributed by atoms with Crippen molar-refractivity contribution in [2.75, 3.05) is 0 Å². The number of carbonyl (C=O) groups is 4. The molecule has 0 saturated heterocycles. The standard InChI is InChI=1S/C19H16N.2C18H14N.C17H14N.C11H8N.4C5H8O2.5Ir/c1-14-8-9-18(15(2)12-14)17-10-11-20-19(13-17)16-6-4-3-5-7-16;1-14-6-5-9-16(12-14)17-10-11-19-18(13-17)15-7-3-2-4-8-15;1-14-7-9-15(10-8-14)17-11-12-19-18(13-17)16-5-3-2-4-6-16;1-12-9-13(2)11-15(10-12)17-8-7-14-5-3-4-6-16(14)18-17;1-2-6-10(7-3-1)11-8-4-5-9-12-11;4*1-4(6)3-5(2)7;;;;;/h3-6,8-13H,1-2H3;2-7,9-13H,1H3;2-5,7-13H,1H3;3-10H,1-2H3;1-6,8-9H;4*3,6H,1-2H3;;;;;/q5*-1;;;;;;;;;. The molecule has 5 radical (unpaired) electrons. The maximum atomic E-state index is 10.0. The number of nitrogens with zero attached hydrogens (tertiary/aromatic N) is 5. The fraction of sp³-hybridized carbons (Fsp3) is 0.136. The van der Waals surface area contributed by atoms with Crippen molar-refractivity contribution < 1.29 is 140 Å². The summed E-state index contributed by atoms with van der Waals surface area (Å²) in [5.41, 5.74) is 25.8. The van der Waals surface area contributed by atoms with Crippen LogP contribution < -0.4 is 0 Å². The number of para-hydroxylation sites is 1. The number of benzene rings is 9. The zero-order valence-corrected chi connectivity index (χ0v) is 81.8. The number of pyridine rings is 5. The molecule has 0 spiro atoms. The van der Waals surface area contributed by atoms with Gasteiger partial charge < -0.3 is 40.4 Å². The Morgan fingerprint density at radius 1 is 0.289 bits per heavy atom. The minimum absolute atomic E-state index is 0. The van der Waals surface area contributed by atoms with Gasteiger partial charge >= 0.3 is 0 Å². The molecule has 4 N–H and O–H groups in total. The van der Waals surface area contributed by atoms with Gasteiger partial charge in [0.1, 0.15) is 0 Å². The van der Waals surface area contributed by atoms with Gasteiger partial charge in [-0.1, -0.05) is 158 Å². The van der Waals surface area contributed by atoms with Crippen molar-refractivity contribution in [3.05, 3.63) is 403 Å². The summed E-state index contributed by atoms with van der Waals surface area (Å²) in [6.45, 7) is 24.0. The van der Waals surface area contributed by atoms with Gasteiger partial charge in [0.15, 0.2) is 23.1 Å². The van der Waals surface area contributed by atoms with Gasteiger partial charge in [0.25, 0.3) is 0 Å². The number of carbonyl (C=O) groups excluding carboxylic acids is 4. The van der Waals surface area contributed by atoms with Gasteiger partial charge in [0.05, 0.1) is 28.6 Å². The first-order valence-corrected chi connectivity index (χ1v) is 37.4. The van der Waals surface area contributed by atoms with Crippen molar-refractivity contribution in [2.24, 2.45) is 0 Å². The quantitative estimate of drug-likeness (QED) is 0.0510.